The number of hydrogen-bond acceptors (Lipinski definition) is 5. The number of fused-ring (bicyclic) bond motifs is 3. The molecule has 3 aliphatic heterocycles. The predicted octanol–water partition coefficient (Wildman–Crippen LogP) is -2.94. The second-order valence-electron chi connectivity index (χ2n) is 8.22. The lowest BCUT2D eigenvalue weighted by atomic mass is 10.0. The van der Waals surface area contributed by atoms with Crippen LogP contribution < -0.4 is 28.9 Å². The Bertz CT molecular complexity index is 495. The van der Waals surface area contributed by atoms with Crippen molar-refractivity contribution in [3.8, 4) is 0 Å². The monoisotopic (exact) mass is 567 g/mol. The van der Waals surface area contributed by atoms with E-state index in [9.17, 15) is 9.90 Å². The Hall–Kier alpha value is 0.770. The number of rotatable bonds is 2. The number of aliphatic hydroxyl groups excluding tert-OH is 1. The van der Waals surface area contributed by atoms with Crippen LogP contribution in [0.1, 0.15) is 41.0 Å². The van der Waals surface area contributed by atoms with E-state index in [1.54, 1.807) is 20.8 Å². The molecule has 3 saturated heterocycles. The van der Waals surface area contributed by atoms with Gasteiger partial charge >= 0.3 is 5.97 Å². The van der Waals surface area contributed by atoms with Crippen molar-refractivity contribution in [1.82, 2.24) is 0 Å². The lowest BCUT2D eigenvalue weighted by Crippen LogP contribution is -3.18. The van der Waals surface area contributed by atoms with E-state index in [4.69, 9.17) is 14.2 Å². The Morgan fingerprint density at radius 3 is 2.50 bits per heavy atom. The average Bonchev–Trinajstić information content (AvgIpc) is 2.96. The first-order valence-corrected chi connectivity index (χ1v) is 9.51. The van der Waals surface area contributed by atoms with E-state index in [-0.39, 0.29) is 48.3 Å². The molecule has 3 fully saturated rings. The van der Waals surface area contributed by atoms with Crippen LogP contribution in [-0.2, 0) is 19.0 Å². The van der Waals surface area contributed by atoms with Crippen molar-refractivity contribution in [2.75, 3.05) is 6.54 Å². The Balaban J connectivity index is 0.00000208. The van der Waals surface area contributed by atoms with Crippen LogP contribution in [0.3, 0.4) is 0 Å². The molecule has 7 atom stereocenters. The van der Waals surface area contributed by atoms with E-state index in [0.29, 0.717) is 3.92 Å². The summed E-state index contributed by atoms with van der Waals surface area (Å²) in [5, 5.41) is 10.7. The standard InChI is InChI=1S/C16H26INO5.HI/c1-15(2,3)23-14(20)11(19)10-13-12(21-16(4,5)22-13)9-8(17)6-7-18(9)10;/h8-13,19H,6-7H2,1-5H3;1H/t8-,9+,10-,11+,12+,13-;/m0./s1. The molecule has 0 aromatic carbocycles. The Morgan fingerprint density at radius 2 is 1.92 bits per heavy atom. The summed E-state index contributed by atoms with van der Waals surface area (Å²) in [6, 6.07) is -0.0779. The van der Waals surface area contributed by atoms with Crippen molar-refractivity contribution in [2.45, 2.75) is 86.7 Å². The summed E-state index contributed by atoms with van der Waals surface area (Å²) < 4.78 is 18.0. The van der Waals surface area contributed by atoms with Crippen molar-refractivity contribution >= 4 is 28.6 Å². The number of nitrogens with one attached hydrogen (secondary N) is 1. The molecule has 6 nitrogen and oxygen atoms in total. The van der Waals surface area contributed by atoms with Crippen LogP contribution in [0.4, 0.5) is 0 Å². The number of hydrogen-bond donors (Lipinski definition) is 2. The van der Waals surface area contributed by atoms with E-state index in [1.807, 2.05) is 13.8 Å². The highest BCUT2D eigenvalue weighted by atomic mass is 127. The van der Waals surface area contributed by atoms with E-state index < -0.39 is 23.5 Å². The first kappa shape index (κ1) is 21.1. The minimum atomic E-state index is -1.19. The normalized spacial score (nSPS) is 41.3. The zero-order valence-electron chi connectivity index (χ0n) is 14.7. The molecule has 0 aliphatic carbocycles. The second kappa shape index (κ2) is 7.06. The summed E-state index contributed by atoms with van der Waals surface area (Å²) in [5.74, 6) is -1.24. The van der Waals surface area contributed by atoms with Crippen molar-refractivity contribution in [3.05, 3.63) is 0 Å². The van der Waals surface area contributed by atoms with E-state index in [2.05, 4.69) is 22.6 Å². The summed E-state index contributed by atoms with van der Waals surface area (Å²) in [6.45, 7) is 10.1. The van der Waals surface area contributed by atoms with E-state index >= 15 is 0 Å². The maximum absolute atomic E-state index is 12.4. The van der Waals surface area contributed by atoms with E-state index in [0.717, 1.165) is 13.0 Å². The van der Waals surface area contributed by atoms with Gasteiger partial charge in [-0.05, 0) is 34.6 Å². The van der Waals surface area contributed by atoms with Crippen LogP contribution in [0.15, 0.2) is 0 Å². The summed E-state index contributed by atoms with van der Waals surface area (Å²) in [4.78, 5) is 13.6. The fourth-order valence-corrected chi connectivity index (χ4v) is 5.35. The molecule has 0 radical (unpaired) electrons. The molecule has 0 bridgehead atoms. The van der Waals surface area contributed by atoms with Crippen LogP contribution in [0.25, 0.3) is 0 Å². The van der Waals surface area contributed by atoms with Crippen LogP contribution in [0.2, 0.25) is 0 Å². The van der Waals surface area contributed by atoms with Gasteiger partial charge in [-0.2, -0.15) is 0 Å². The molecule has 0 aromatic rings. The maximum Gasteiger partial charge on any atom is 0.341 e. The van der Waals surface area contributed by atoms with Gasteiger partial charge in [-0.25, -0.2) is 4.79 Å². The zero-order chi connectivity index (χ0) is 17.2. The lowest BCUT2D eigenvalue weighted by Gasteiger charge is -2.31. The highest BCUT2D eigenvalue weighted by molar-refractivity contribution is 14.1. The summed E-state index contributed by atoms with van der Waals surface area (Å²) in [5.41, 5.74) is -0.617. The van der Waals surface area contributed by atoms with Gasteiger partial charge in [0.1, 0.15) is 23.9 Å². The molecule has 0 spiro atoms. The second-order valence-corrected chi connectivity index (χ2v) is 9.82. The SMILES string of the molecule is CC(C)(C)OC(=O)[C@H](O)[C@H]1[C@@H]2OC(C)(C)O[C@@H]2[C@H]2[C@@H](I)CC[NH+]12.[I-]. The molecule has 3 heterocycles. The number of aliphatic hydroxyl groups is 1. The first-order valence-electron chi connectivity index (χ1n) is 8.26. The molecule has 1 unspecified atom stereocenters. The predicted molar refractivity (Wildman–Crippen MR) is 91.5 cm³/mol. The fourth-order valence-electron chi connectivity index (χ4n) is 4.16. The smallest absolute Gasteiger partial charge is 0.341 e. The third kappa shape index (κ3) is 3.88. The quantitative estimate of drug-likeness (QED) is 0.213. The molecule has 0 saturated carbocycles. The minimum Gasteiger partial charge on any atom is -1.00 e. The Kier molecular flexibility index (Phi) is 6.20. The van der Waals surface area contributed by atoms with Crippen molar-refractivity contribution < 1.29 is 53.0 Å². The average molecular weight is 567 g/mol. The van der Waals surface area contributed by atoms with E-state index in [1.165, 1.54) is 4.90 Å². The number of ether oxygens (including phenoxy) is 3. The molecule has 3 aliphatic rings. The van der Waals surface area contributed by atoms with Crippen LogP contribution >= 0.6 is 22.6 Å². The van der Waals surface area contributed by atoms with Crippen molar-refractivity contribution in [2.24, 2.45) is 0 Å². The third-order valence-electron chi connectivity index (χ3n) is 4.81. The number of carbonyl (C=O) groups is 1. The van der Waals surface area contributed by atoms with Gasteiger partial charge in [0.05, 0.1) is 10.5 Å². The molecule has 2 N–H and O–H groups in total. The highest BCUT2D eigenvalue weighted by Gasteiger charge is 2.67. The summed E-state index contributed by atoms with van der Waals surface area (Å²) in [6.07, 6.45) is -0.483. The largest absolute Gasteiger partial charge is 1.00 e. The topological polar surface area (TPSA) is 69.4 Å². The number of alkyl halides is 1. The van der Waals surface area contributed by atoms with Gasteiger partial charge < -0.3 is 48.2 Å². The number of carbonyl (C=O) groups excluding carboxylic acids is 1. The Morgan fingerprint density at radius 1 is 1.33 bits per heavy atom. The number of quaternary nitrogens is 1. The van der Waals surface area contributed by atoms with Crippen LogP contribution in [0.5, 0.6) is 0 Å². The van der Waals surface area contributed by atoms with Gasteiger partial charge in [-0.15, -0.1) is 0 Å². The fraction of sp³-hybridized carbons (Fsp3) is 0.938. The number of esters is 1. The molecule has 140 valence electrons. The maximum atomic E-state index is 12.4. The molecule has 3 rings (SSSR count). The highest BCUT2D eigenvalue weighted by Crippen LogP contribution is 2.38. The molecular weight excluding hydrogens is 540 g/mol. The van der Waals surface area contributed by atoms with Gasteiger partial charge in [0.2, 0.25) is 6.10 Å². The number of halogens is 2. The van der Waals surface area contributed by atoms with Crippen LogP contribution in [0, 0.1) is 0 Å². The van der Waals surface area contributed by atoms with Gasteiger partial charge in [0.15, 0.2) is 11.8 Å². The van der Waals surface area contributed by atoms with Gasteiger partial charge in [-0.1, -0.05) is 22.6 Å². The minimum absolute atomic E-state index is 0. The molecule has 0 aromatic heterocycles. The molecule has 24 heavy (non-hydrogen) atoms. The van der Waals surface area contributed by atoms with Crippen molar-refractivity contribution in [1.29, 1.82) is 0 Å². The summed E-state index contributed by atoms with van der Waals surface area (Å²) >= 11 is 2.46. The van der Waals surface area contributed by atoms with Gasteiger partial charge in [0.25, 0.3) is 0 Å². The summed E-state index contributed by atoms with van der Waals surface area (Å²) in [7, 11) is 0. The molecular formula is C16H27I2NO5. The molecule has 8 heteroatoms. The Labute approximate surface area is 174 Å². The van der Waals surface area contributed by atoms with Crippen LogP contribution in [-0.4, -0.2) is 63.3 Å². The molecule has 0 amide bonds. The zero-order valence-corrected chi connectivity index (χ0v) is 19.0. The lowest BCUT2D eigenvalue weighted by molar-refractivity contribution is -0.929. The van der Waals surface area contributed by atoms with Gasteiger partial charge in [0, 0.05) is 6.42 Å². The van der Waals surface area contributed by atoms with Gasteiger partial charge in [-0.3, -0.25) is 0 Å². The van der Waals surface area contributed by atoms with Crippen molar-refractivity contribution in [3.63, 3.8) is 0 Å². The first-order chi connectivity index (χ1) is 10.5. The third-order valence-corrected chi connectivity index (χ3v) is 6.21.